The van der Waals surface area contributed by atoms with Gasteiger partial charge in [-0.15, -0.1) is 0 Å². The van der Waals surface area contributed by atoms with Crippen LogP contribution in [0.2, 0.25) is 0 Å². The molecular formula is C26H24N2. The number of hydrogen-bond donors (Lipinski definition) is 0. The molecule has 5 rings (SSSR count). The van der Waals surface area contributed by atoms with Gasteiger partial charge in [-0.2, -0.15) is 0 Å². The zero-order valence-electron chi connectivity index (χ0n) is 16.6. The van der Waals surface area contributed by atoms with Gasteiger partial charge in [0.15, 0.2) is 0 Å². The van der Waals surface area contributed by atoms with Gasteiger partial charge in [-0.1, -0.05) is 62.4 Å². The maximum atomic E-state index is 4.74. The van der Waals surface area contributed by atoms with E-state index in [9.17, 15) is 0 Å². The van der Waals surface area contributed by atoms with Crippen LogP contribution in [0.5, 0.6) is 0 Å². The molecular weight excluding hydrogens is 340 g/mol. The molecule has 2 nitrogen and oxygen atoms in total. The van der Waals surface area contributed by atoms with Crippen molar-refractivity contribution in [1.29, 1.82) is 0 Å². The molecule has 1 aliphatic heterocycles. The molecule has 0 unspecified atom stereocenters. The number of benzene rings is 3. The van der Waals surface area contributed by atoms with E-state index in [2.05, 4.69) is 98.6 Å². The third-order valence-electron chi connectivity index (χ3n) is 6.17. The van der Waals surface area contributed by atoms with Crippen LogP contribution in [-0.4, -0.2) is 13.3 Å². The second kappa shape index (κ2) is 6.20. The number of allylic oxidation sites excluding steroid dienone is 2. The highest BCUT2D eigenvalue weighted by atomic mass is 15.2. The summed E-state index contributed by atoms with van der Waals surface area (Å²) < 4.78 is 0. The van der Waals surface area contributed by atoms with Gasteiger partial charge in [-0.3, -0.25) is 4.99 Å². The molecule has 0 spiro atoms. The van der Waals surface area contributed by atoms with E-state index in [1.54, 1.807) is 0 Å². The number of aliphatic imine (C=N–C) groups is 1. The van der Waals surface area contributed by atoms with Crippen LogP contribution in [-0.2, 0) is 11.8 Å². The average Bonchev–Trinajstić information content (AvgIpc) is 3.16. The van der Waals surface area contributed by atoms with Crippen molar-refractivity contribution in [2.24, 2.45) is 4.99 Å². The van der Waals surface area contributed by atoms with Crippen molar-refractivity contribution < 1.29 is 0 Å². The molecule has 3 aromatic rings. The van der Waals surface area contributed by atoms with Gasteiger partial charge in [0.1, 0.15) is 0 Å². The van der Waals surface area contributed by atoms with E-state index >= 15 is 0 Å². The molecule has 3 aromatic carbocycles. The maximum absolute atomic E-state index is 4.74. The Morgan fingerprint density at radius 1 is 0.893 bits per heavy atom. The standard InChI is InChI=1S/C26H24N2/c1-26(2)23-10-6-7-11-24(23)28(3)25(26)14-15-27-20-12-13-22-19(17-20)16-18-8-4-5-9-21(18)22/h4-15,17H,16H2,1-3H3/b25-14+,27-15?. The summed E-state index contributed by atoms with van der Waals surface area (Å²) in [6.07, 6.45) is 5.10. The summed E-state index contributed by atoms with van der Waals surface area (Å²) in [4.78, 5) is 7.02. The van der Waals surface area contributed by atoms with E-state index in [0.29, 0.717) is 0 Å². The van der Waals surface area contributed by atoms with Crippen molar-refractivity contribution in [3.63, 3.8) is 0 Å². The Balaban J connectivity index is 1.43. The largest absolute Gasteiger partial charge is 0.347 e. The molecule has 0 atom stereocenters. The fraction of sp³-hybridized carbons (Fsp3) is 0.192. The summed E-state index contributed by atoms with van der Waals surface area (Å²) in [6.45, 7) is 4.56. The lowest BCUT2D eigenvalue weighted by atomic mass is 9.84. The van der Waals surface area contributed by atoms with Crippen LogP contribution in [0.3, 0.4) is 0 Å². The molecule has 28 heavy (non-hydrogen) atoms. The Bertz CT molecular complexity index is 1130. The van der Waals surface area contributed by atoms with Gasteiger partial charge in [-0.25, -0.2) is 0 Å². The summed E-state index contributed by atoms with van der Waals surface area (Å²) in [5.41, 5.74) is 10.4. The Kier molecular flexibility index (Phi) is 3.77. The zero-order chi connectivity index (χ0) is 19.3. The minimum atomic E-state index is -0.0169. The summed E-state index contributed by atoms with van der Waals surface area (Å²) in [7, 11) is 2.14. The average molecular weight is 364 g/mol. The Morgan fingerprint density at radius 2 is 1.64 bits per heavy atom. The van der Waals surface area contributed by atoms with Gasteiger partial charge < -0.3 is 4.90 Å². The van der Waals surface area contributed by atoms with Gasteiger partial charge in [0.2, 0.25) is 0 Å². The summed E-state index contributed by atoms with van der Waals surface area (Å²) in [6, 6.07) is 23.9. The predicted octanol–water partition coefficient (Wildman–Crippen LogP) is 6.27. The van der Waals surface area contributed by atoms with Crippen molar-refractivity contribution in [2.75, 3.05) is 11.9 Å². The first-order chi connectivity index (χ1) is 13.6. The van der Waals surface area contributed by atoms with E-state index in [0.717, 1.165) is 12.1 Å². The first-order valence-corrected chi connectivity index (χ1v) is 9.85. The fourth-order valence-electron chi connectivity index (χ4n) is 4.71. The van der Waals surface area contributed by atoms with Gasteiger partial charge in [-0.05, 0) is 58.5 Å². The highest BCUT2D eigenvalue weighted by Crippen LogP contribution is 2.46. The second-order valence-electron chi connectivity index (χ2n) is 8.21. The second-order valence-corrected chi connectivity index (χ2v) is 8.21. The minimum absolute atomic E-state index is 0.0169. The van der Waals surface area contributed by atoms with Gasteiger partial charge in [0.25, 0.3) is 0 Å². The smallest absolute Gasteiger partial charge is 0.0632 e. The molecule has 0 aromatic heterocycles. The molecule has 0 saturated carbocycles. The number of nitrogens with zero attached hydrogens (tertiary/aromatic N) is 2. The maximum Gasteiger partial charge on any atom is 0.0632 e. The summed E-state index contributed by atoms with van der Waals surface area (Å²) >= 11 is 0. The number of anilines is 1. The zero-order valence-corrected chi connectivity index (χ0v) is 16.6. The lowest BCUT2D eigenvalue weighted by Gasteiger charge is -2.23. The molecule has 0 N–H and O–H groups in total. The van der Waals surface area contributed by atoms with Gasteiger partial charge in [0.05, 0.1) is 5.69 Å². The van der Waals surface area contributed by atoms with Crippen molar-refractivity contribution in [1.82, 2.24) is 0 Å². The first-order valence-electron chi connectivity index (χ1n) is 9.85. The highest BCUT2D eigenvalue weighted by molar-refractivity contribution is 5.82. The van der Waals surface area contributed by atoms with Crippen molar-refractivity contribution in [3.8, 4) is 11.1 Å². The highest BCUT2D eigenvalue weighted by Gasteiger charge is 2.37. The lowest BCUT2D eigenvalue weighted by molar-refractivity contribution is 0.641. The normalized spacial score (nSPS) is 17.8. The summed E-state index contributed by atoms with van der Waals surface area (Å²) in [5, 5.41) is 0. The van der Waals surface area contributed by atoms with E-state index < -0.39 is 0 Å². The molecule has 0 radical (unpaired) electrons. The van der Waals surface area contributed by atoms with Crippen molar-refractivity contribution in [2.45, 2.75) is 25.7 Å². The van der Waals surface area contributed by atoms with Crippen LogP contribution in [0.1, 0.15) is 30.5 Å². The van der Waals surface area contributed by atoms with Gasteiger partial charge >= 0.3 is 0 Å². The lowest BCUT2D eigenvalue weighted by Crippen LogP contribution is -2.22. The minimum Gasteiger partial charge on any atom is -0.347 e. The number of hydrogen-bond acceptors (Lipinski definition) is 2. The van der Waals surface area contributed by atoms with Crippen LogP contribution in [0.4, 0.5) is 11.4 Å². The topological polar surface area (TPSA) is 15.6 Å². The fourth-order valence-corrected chi connectivity index (χ4v) is 4.71. The van der Waals surface area contributed by atoms with E-state index in [1.807, 2.05) is 6.21 Å². The van der Waals surface area contributed by atoms with Crippen LogP contribution in [0, 0.1) is 0 Å². The molecule has 0 fully saturated rings. The molecule has 0 saturated heterocycles. The molecule has 138 valence electrons. The predicted molar refractivity (Wildman–Crippen MR) is 119 cm³/mol. The number of para-hydroxylation sites is 1. The Hall–Kier alpha value is -3.13. The van der Waals surface area contributed by atoms with Gasteiger partial charge in [0, 0.05) is 30.1 Å². The molecule has 0 amide bonds. The van der Waals surface area contributed by atoms with Crippen LogP contribution < -0.4 is 4.90 Å². The third-order valence-corrected chi connectivity index (χ3v) is 6.17. The molecule has 2 heteroatoms. The van der Waals surface area contributed by atoms with Crippen LogP contribution in [0.25, 0.3) is 11.1 Å². The Labute approximate surface area is 166 Å². The van der Waals surface area contributed by atoms with E-state index in [1.165, 1.54) is 39.2 Å². The number of likely N-dealkylation sites (N-methyl/N-ethyl adjacent to an activating group) is 1. The quantitative estimate of drug-likeness (QED) is 0.383. The number of fused-ring (bicyclic) bond motifs is 4. The van der Waals surface area contributed by atoms with Crippen molar-refractivity contribution >= 4 is 17.6 Å². The summed E-state index contributed by atoms with van der Waals surface area (Å²) in [5.74, 6) is 0. The van der Waals surface area contributed by atoms with Crippen molar-refractivity contribution in [3.05, 3.63) is 95.2 Å². The van der Waals surface area contributed by atoms with E-state index in [-0.39, 0.29) is 5.41 Å². The molecule has 1 heterocycles. The molecule has 0 bridgehead atoms. The SMILES string of the molecule is CN1/C(=C/C=Nc2ccc3c(c2)Cc2ccccc2-3)C(C)(C)c2ccccc21. The first kappa shape index (κ1) is 17.0. The van der Waals surface area contributed by atoms with Crippen LogP contribution >= 0.6 is 0 Å². The number of rotatable bonds is 2. The third kappa shape index (κ3) is 2.52. The van der Waals surface area contributed by atoms with Crippen LogP contribution in [0.15, 0.2) is 83.5 Å². The van der Waals surface area contributed by atoms with E-state index in [4.69, 9.17) is 4.99 Å². The molecule has 2 aliphatic rings. The monoisotopic (exact) mass is 364 g/mol. The molecule has 1 aliphatic carbocycles. The Morgan fingerprint density at radius 3 is 2.50 bits per heavy atom.